The predicted octanol–water partition coefficient (Wildman–Crippen LogP) is 1.42. The van der Waals surface area contributed by atoms with Gasteiger partial charge in [0.25, 0.3) is 0 Å². The van der Waals surface area contributed by atoms with E-state index in [1.807, 2.05) is 12.1 Å². The molecule has 1 heterocycles. The highest BCUT2D eigenvalue weighted by molar-refractivity contribution is 5.74. The first-order valence-corrected chi connectivity index (χ1v) is 5.28. The lowest BCUT2D eigenvalue weighted by Gasteiger charge is -2.33. The third-order valence-electron chi connectivity index (χ3n) is 2.91. The van der Waals surface area contributed by atoms with Gasteiger partial charge in [-0.25, -0.2) is 0 Å². The third-order valence-corrected chi connectivity index (χ3v) is 2.91. The highest BCUT2D eigenvalue weighted by Gasteiger charge is 2.30. The molecule has 0 bridgehead atoms. The van der Waals surface area contributed by atoms with Gasteiger partial charge in [0.2, 0.25) is 0 Å². The Bertz CT molecular complexity index is 339. The van der Waals surface area contributed by atoms with E-state index in [0.29, 0.717) is 5.56 Å². The van der Waals surface area contributed by atoms with Crippen molar-refractivity contribution in [2.24, 2.45) is 0 Å². The normalized spacial score (nSPS) is 26.2. The van der Waals surface area contributed by atoms with Crippen molar-refractivity contribution in [1.82, 2.24) is 5.32 Å². The Balaban J connectivity index is 2.23. The first kappa shape index (κ1) is 10.3. The van der Waals surface area contributed by atoms with Crippen molar-refractivity contribution in [1.29, 1.82) is 0 Å². The third kappa shape index (κ3) is 2.08. The summed E-state index contributed by atoms with van der Waals surface area (Å²) in [5.74, 6) is 0. The van der Waals surface area contributed by atoms with Crippen LogP contribution in [0.1, 0.15) is 35.2 Å². The van der Waals surface area contributed by atoms with E-state index in [2.05, 4.69) is 5.32 Å². The smallest absolute Gasteiger partial charge is 0.150 e. The second kappa shape index (κ2) is 4.13. The Kier molecular flexibility index (Phi) is 2.84. The Morgan fingerprint density at radius 2 is 2.00 bits per heavy atom. The van der Waals surface area contributed by atoms with Gasteiger partial charge in [-0.3, -0.25) is 10.1 Å². The first-order valence-electron chi connectivity index (χ1n) is 5.28. The topological polar surface area (TPSA) is 49.3 Å². The Morgan fingerprint density at radius 1 is 1.27 bits per heavy atom. The van der Waals surface area contributed by atoms with Crippen molar-refractivity contribution in [2.45, 2.75) is 25.0 Å². The van der Waals surface area contributed by atoms with Crippen molar-refractivity contribution in [2.75, 3.05) is 6.54 Å². The molecule has 1 fully saturated rings. The molecule has 0 amide bonds. The molecule has 3 heteroatoms. The summed E-state index contributed by atoms with van der Waals surface area (Å²) in [6, 6.07) is 7.08. The maximum absolute atomic E-state index is 10.5. The van der Waals surface area contributed by atoms with Crippen LogP contribution in [0, 0.1) is 0 Å². The molecule has 1 saturated heterocycles. The summed E-state index contributed by atoms with van der Waals surface area (Å²) < 4.78 is 0. The summed E-state index contributed by atoms with van der Waals surface area (Å²) >= 11 is 0. The minimum Gasteiger partial charge on any atom is -0.372 e. The van der Waals surface area contributed by atoms with E-state index in [0.717, 1.165) is 37.7 Å². The molecule has 0 spiro atoms. The number of benzene rings is 1. The summed E-state index contributed by atoms with van der Waals surface area (Å²) in [6.07, 6.45) is 3.67. The van der Waals surface area contributed by atoms with E-state index in [1.165, 1.54) is 0 Å². The summed E-state index contributed by atoms with van der Waals surface area (Å²) in [5, 5.41) is 13.4. The van der Waals surface area contributed by atoms with Crippen LogP contribution in [0.5, 0.6) is 0 Å². The SMILES string of the molecule is O=Cc1ccc([C@]2(O)CCCCN2)cc1. The van der Waals surface area contributed by atoms with Gasteiger partial charge in [0.1, 0.15) is 12.0 Å². The Hall–Kier alpha value is -1.19. The lowest BCUT2D eigenvalue weighted by molar-refractivity contribution is -0.0240. The molecule has 1 aliphatic rings. The number of aliphatic hydroxyl groups is 1. The predicted molar refractivity (Wildman–Crippen MR) is 57.6 cm³/mol. The van der Waals surface area contributed by atoms with Crippen LogP contribution in [0.15, 0.2) is 24.3 Å². The van der Waals surface area contributed by atoms with E-state index in [4.69, 9.17) is 0 Å². The largest absolute Gasteiger partial charge is 0.372 e. The number of carbonyl (C=O) groups is 1. The number of hydrogen-bond donors (Lipinski definition) is 2. The van der Waals surface area contributed by atoms with Crippen LogP contribution in [0.3, 0.4) is 0 Å². The van der Waals surface area contributed by atoms with Crippen molar-refractivity contribution in [3.05, 3.63) is 35.4 Å². The zero-order valence-electron chi connectivity index (χ0n) is 8.57. The van der Waals surface area contributed by atoms with Crippen LogP contribution < -0.4 is 5.32 Å². The molecule has 2 rings (SSSR count). The van der Waals surface area contributed by atoms with E-state index in [-0.39, 0.29) is 0 Å². The van der Waals surface area contributed by atoms with Crippen LogP contribution in [0.2, 0.25) is 0 Å². The van der Waals surface area contributed by atoms with E-state index in [9.17, 15) is 9.90 Å². The zero-order valence-corrected chi connectivity index (χ0v) is 8.57. The zero-order chi connectivity index (χ0) is 10.7. The quantitative estimate of drug-likeness (QED) is 0.718. The first-order chi connectivity index (χ1) is 7.24. The van der Waals surface area contributed by atoms with Crippen LogP contribution in [0.25, 0.3) is 0 Å². The standard InChI is InChI=1S/C12H15NO2/c14-9-10-3-5-11(6-4-10)12(15)7-1-2-8-13-12/h3-6,9,13,15H,1-2,7-8H2/t12-/m1/s1. The minimum absolute atomic E-state index is 0.637. The Morgan fingerprint density at radius 3 is 2.53 bits per heavy atom. The van der Waals surface area contributed by atoms with Crippen molar-refractivity contribution in [3.8, 4) is 0 Å². The number of aldehydes is 1. The molecule has 1 aromatic carbocycles. The average molecular weight is 205 g/mol. The molecule has 0 radical (unpaired) electrons. The van der Waals surface area contributed by atoms with E-state index >= 15 is 0 Å². The van der Waals surface area contributed by atoms with E-state index < -0.39 is 5.72 Å². The second-order valence-corrected chi connectivity index (χ2v) is 3.98. The van der Waals surface area contributed by atoms with Crippen LogP contribution >= 0.6 is 0 Å². The maximum Gasteiger partial charge on any atom is 0.150 e. The second-order valence-electron chi connectivity index (χ2n) is 3.98. The van der Waals surface area contributed by atoms with Gasteiger partial charge < -0.3 is 5.11 Å². The molecular weight excluding hydrogens is 190 g/mol. The van der Waals surface area contributed by atoms with Gasteiger partial charge >= 0.3 is 0 Å². The molecule has 2 N–H and O–H groups in total. The molecule has 15 heavy (non-hydrogen) atoms. The number of nitrogens with one attached hydrogen (secondary N) is 1. The highest BCUT2D eigenvalue weighted by Crippen LogP contribution is 2.27. The lowest BCUT2D eigenvalue weighted by atomic mass is 9.93. The van der Waals surface area contributed by atoms with Gasteiger partial charge in [0.05, 0.1) is 0 Å². The fourth-order valence-corrected chi connectivity index (χ4v) is 1.97. The monoisotopic (exact) mass is 205 g/mol. The average Bonchev–Trinajstić information content (AvgIpc) is 2.30. The van der Waals surface area contributed by atoms with Crippen molar-refractivity contribution >= 4 is 6.29 Å². The Labute approximate surface area is 89.1 Å². The van der Waals surface area contributed by atoms with E-state index in [1.54, 1.807) is 12.1 Å². The highest BCUT2D eigenvalue weighted by atomic mass is 16.3. The van der Waals surface area contributed by atoms with Crippen LogP contribution in [-0.4, -0.2) is 17.9 Å². The number of piperidine rings is 1. The molecule has 1 aliphatic heterocycles. The van der Waals surface area contributed by atoms with Crippen LogP contribution in [-0.2, 0) is 5.72 Å². The summed E-state index contributed by atoms with van der Waals surface area (Å²) in [6.45, 7) is 0.839. The van der Waals surface area contributed by atoms with Gasteiger partial charge in [-0.2, -0.15) is 0 Å². The number of hydrogen-bond acceptors (Lipinski definition) is 3. The summed E-state index contributed by atoms with van der Waals surface area (Å²) in [5.41, 5.74) is 0.575. The molecule has 0 aliphatic carbocycles. The summed E-state index contributed by atoms with van der Waals surface area (Å²) in [4.78, 5) is 10.5. The van der Waals surface area contributed by atoms with Crippen LogP contribution in [0.4, 0.5) is 0 Å². The molecule has 0 aromatic heterocycles. The molecule has 3 nitrogen and oxygen atoms in total. The molecule has 0 saturated carbocycles. The molecule has 0 unspecified atom stereocenters. The van der Waals surface area contributed by atoms with Gasteiger partial charge in [0.15, 0.2) is 0 Å². The van der Waals surface area contributed by atoms with Crippen molar-refractivity contribution in [3.63, 3.8) is 0 Å². The lowest BCUT2D eigenvalue weighted by Crippen LogP contribution is -2.45. The molecular formula is C12H15NO2. The van der Waals surface area contributed by atoms with Gasteiger partial charge in [-0.05, 0) is 31.4 Å². The summed E-state index contributed by atoms with van der Waals surface area (Å²) in [7, 11) is 0. The molecule has 1 aromatic rings. The van der Waals surface area contributed by atoms with Gasteiger partial charge in [0, 0.05) is 5.56 Å². The maximum atomic E-state index is 10.5. The number of carbonyl (C=O) groups excluding carboxylic acids is 1. The van der Waals surface area contributed by atoms with Gasteiger partial charge in [-0.15, -0.1) is 0 Å². The molecule has 1 atom stereocenters. The number of rotatable bonds is 2. The fraction of sp³-hybridized carbons (Fsp3) is 0.417. The minimum atomic E-state index is -0.903. The molecule has 80 valence electrons. The van der Waals surface area contributed by atoms with Gasteiger partial charge in [-0.1, -0.05) is 24.3 Å². The fourth-order valence-electron chi connectivity index (χ4n) is 1.97. The van der Waals surface area contributed by atoms with Crippen molar-refractivity contribution < 1.29 is 9.90 Å².